The summed E-state index contributed by atoms with van der Waals surface area (Å²) in [6.45, 7) is 2.11. The molecule has 1 rings (SSSR count). The Balaban J connectivity index is 2.83. The van der Waals surface area contributed by atoms with Crippen molar-refractivity contribution in [2.75, 3.05) is 12.9 Å². The normalized spacial score (nSPS) is 10.6. The van der Waals surface area contributed by atoms with E-state index in [1.807, 2.05) is 12.4 Å². The molecule has 0 aromatic heterocycles. The summed E-state index contributed by atoms with van der Waals surface area (Å²) in [6.07, 6.45) is 3.63. The molecule has 0 aliphatic carbocycles. The van der Waals surface area contributed by atoms with Crippen LogP contribution in [0.3, 0.4) is 0 Å². The maximum atomic E-state index is 11.4. The van der Waals surface area contributed by atoms with Gasteiger partial charge in [0.25, 0.3) is 0 Å². The highest BCUT2D eigenvalue weighted by atomic mass is 32.2. The Morgan fingerprint density at radius 2 is 2.17 bits per heavy atom. The van der Waals surface area contributed by atoms with Gasteiger partial charge in [-0.2, -0.15) is 5.26 Å². The highest BCUT2D eigenvalue weighted by Crippen LogP contribution is 2.15. The molecular formula is C12H13N3O2S. The number of nitrogens with one attached hydrogen (secondary N) is 1. The van der Waals surface area contributed by atoms with Crippen LogP contribution in [0.4, 0.5) is 5.69 Å². The van der Waals surface area contributed by atoms with Crippen LogP contribution in [0, 0.1) is 11.5 Å². The average Bonchev–Trinajstić information content (AvgIpc) is 2.39. The molecular weight excluding hydrogens is 250 g/mol. The summed E-state index contributed by atoms with van der Waals surface area (Å²) >= 11 is 1.33. The molecule has 6 heteroatoms. The van der Waals surface area contributed by atoms with Gasteiger partial charge in [-0.05, 0) is 37.4 Å². The zero-order valence-corrected chi connectivity index (χ0v) is 11.0. The van der Waals surface area contributed by atoms with E-state index in [1.54, 1.807) is 31.2 Å². The van der Waals surface area contributed by atoms with Crippen molar-refractivity contribution in [2.45, 2.75) is 6.92 Å². The topological polar surface area (TPSA) is 74.5 Å². The lowest BCUT2D eigenvalue weighted by atomic mass is 10.2. The van der Waals surface area contributed by atoms with Crippen LogP contribution < -0.4 is 5.32 Å². The summed E-state index contributed by atoms with van der Waals surface area (Å²) in [5.41, 5.74) is 1.14. The van der Waals surface area contributed by atoms with Gasteiger partial charge in [0.2, 0.25) is 0 Å². The van der Waals surface area contributed by atoms with Crippen LogP contribution in [0.5, 0.6) is 0 Å². The van der Waals surface area contributed by atoms with Crippen LogP contribution in [-0.2, 0) is 4.74 Å². The van der Waals surface area contributed by atoms with Crippen molar-refractivity contribution in [3.63, 3.8) is 0 Å². The lowest BCUT2D eigenvalue weighted by Crippen LogP contribution is -2.12. The number of aliphatic imine (C=N–C) groups is 1. The first-order valence-electron chi connectivity index (χ1n) is 5.26. The molecule has 1 aromatic carbocycles. The van der Waals surface area contributed by atoms with Crippen LogP contribution in [0.15, 0.2) is 29.3 Å². The fourth-order valence-corrected chi connectivity index (χ4v) is 1.52. The van der Waals surface area contributed by atoms with Crippen LogP contribution in [0.25, 0.3) is 0 Å². The first kappa shape index (κ1) is 14.1. The van der Waals surface area contributed by atoms with Crippen molar-refractivity contribution in [2.24, 2.45) is 4.99 Å². The molecule has 1 N–H and O–H groups in total. The van der Waals surface area contributed by atoms with E-state index in [-0.39, 0.29) is 5.97 Å². The lowest BCUT2D eigenvalue weighted by molar-refractivity contribution is 0.0526. The number of carbonyl (C=O) groups is 1. The third-order valence-electron chi connectivity index (χ3n) is 1.97. The second-order valence-electron chi connectivity index (χ2n) is 3.13. The average molecular weight is 263 g/mol. The number of hydrogen-bond donors (Lipinski definition) is 1. The maximum Gasteiger partial charge on any atom is 0.338 e. The van der Waals surface area contributed by atoms with Crippen LogP contribution in [-0.4, -0.2) is 24.0 Å². The van der Waals surface area contributed by atoms with E-state index in [0.29, 0.717) is 23.0 Å². The molecule has 0 amide bonds. The number of ether oxygens (including phenoxy) is 1. The van der Waals surface area contributed by atoms with Crippen LogP contribution in [0.1, 0.15) is 17.3 Å². The zero-order valence-electron chi connectivity index (χ0n) is 10.1. The van der Waals surface area contributed by atoms with Gasteiger partial charge in [-0.15, -0.1) is 0 Å². The fraction of sp³-hybridized carbons (Fsp3) is 0.250. The number of rotatable bonds is 3. The third-order valence-corrected chi connectivity index (χ3v) is 2.55. The summed E-state index contributed by atoms with van der Waals surface area (Å²) in [5, 5.41) is 11.5. The Kier molecular flexibility index (Phi) is 5.74. The van der Waals surface area contributed by atoms with Gasteiger partial charge in [-0.1, -0.05) is 11.8 Å². The largest absolute Gasteiger partial charge is 0.462 e. The lowest BCUT2D eigenvalue weighted by Gasteiger charge is -2.02. The molecule has 0 fully saturated rings. The van der Waals surface area contributed by atoms with E-state index in [4.69, 9.17) is 10.00 Å². The van der Waals surface area contributed by atoms with Crippen molar-refractivity contribution < 1.29 is 9.53 Å². The molecule has 0 bridgehead atoms. The summed E-state index contributed by atoms with van der Waals surface area (Å²) in [6, 6.07) is 6.67. The quantitative estimate of drug-likeness (QED) is 0.298. The summed E-state index contributed by atoms with van der Waals surface area (Å²) in [5.74, 6) is -0.353. The second-order valence-corrected chi connectivity index (χ2v) is 3.92. The highest BCUT2D eigenvalue weighted by Gasteiger charge is 2.05. The molecule has 0 atom stereocenters. The first-order chi connectivity index (χ1) is 8.71. The van der Waals surface area contributed by atoms with Crippen molar-refractivity contribution in [3.8, 4) is 6.19 Å². The number of esters is 1. The number of nitriles is 1. The number of benzene rings is 1. The maximum absolute atomic E-state index is 11.4. The SMILES string of the molecule is CCOC(=O)c1ccc(N=C(NC#N)SC)cc1. The van der Waals surface area contributed by atoms with Crippen molar-refractivity contribution in [1.82, 2.24) is 5.32 Å². The van der Waals surface area contributed by atoms with Gasteiger partial charge in [-0.25, -0.2) is 9.79 Å². The molecule has 18 heavy (non-hydrogen) atoms. The Morgan fingerprint density at radius 3 is 2.67 bits per heavy atom. The summed E-state index contributed by atoms with van der Waals surface area (Å²) < 4.78 is 4.87. The number of thioether (sulfide) groups is 1. The smallest absolute Gasteiger partial charge is 0.338 e. The molecule has 0 unspecified atom stereocenters. The monoisotopic (exact) mass is 263 g/mol. The Hall–Kier alpha value is -2.00. The predicted octanol–water partition coefficient (Wildman–Crippen LogP) is 2.28. The minimum Gasteiger partial charge on any atom is -0.462 e. The molecule has 0 saturated heterocycles. The molecule has 94 valence electrons. The standard InChI is InChI=1S/C12H13N3O2S/c1-3-17-11(16)9-4-6-10(7-5-9)15-12(18-2)14-8-13/h4-7H,3H2,1-2H3,(H,14,15). The summed E-state index contributed by atoms with van der Waals surface area (Å²) in [7, 11) is 0. The summed E-state index contributed by atoms with van der Waals surface area (Å²) in [4.78, 5) is 15.6. The van der Waals surface area contributed by atoms with Gasteiger partial charge in [0.05, 0.1) is 17.9 Å². The number of nitrogens with zero attached hydrogens (tertiary/aromatic N) is 2. The third kappa shape index (κ3) is 4.11. The highest BCUT2D eigenvalue weighted by molar-refractivity contribution is 8.13. The van der Waals surface area contributed by atoms with E-state index in [9.17, 15) is 4.79 Å². The molecule has 0 aliphatic rings. The molecule has 1 aromatic rings. The van der Waals surface area contributed by atoms with Crippen LogP contribution >= 0.6 is 11.8 Å². The van der Waals surface area contributed by atoms with E-state index >= 15 is 0 Å². The molecule has 5 nitrogen and oxygen atoms in total. The number of carbonyl (C=O) groups excluding carboxylic acids is 1. The van der Waals surface area contributed by atoms with E-state index < -0.39 is 0 Å². The van der Waals surface area contributed by atoms with E-state index in [2.05, 4.69) is 10.3 Å². The number of hydrogen-bond acceptors (Lipinski definition) is 5. The van der Waals surface area contributed by atoms with Gasteiger partial charge >= 0.3 is 5.97 Å². The molecule has 0 heterocycles. The Bertz CT molecular complexity index is 477. The number of amidine groups is 1. The van der Waals surface area contributed by atoms with E-state index in [1.165, 1.54) is 11.8 Å². The van der Waals surface area contributed by atoms with Gasteiger partial charge in [0, 0.05) is 0 Å². The van der Waals surface area contributed by atoms with Crippen molar-refractivity contribution in [1.29, 1.82) is 5.26 Å². The van der Waals surface area contributed by atoms with Crippen molar-refractivity contribution in [3.05, 3.63) is 29.8 Å². The first-order valence-corrected chi connectivity index (χ1v) is 6.48. The van der Waals surface area contributed by atoms with Crippen molar-refractivity contribution >= 4 is 28.6 Å². The Morgan fingerprint density at radius 1 is 1.50 bits per heavy atom. The minimum atomic E-state index is -0.353. The minimum absolute atomic E-state index is 0.349. The van der Waals surface area contributed by atoms with E-state index in [0.717, 1.165) is 0 Å². The zero-order chi connectivity index (χ0) is 13.4. The molecule has 0 radical (unpaired) electrons. The molecule has 0 aliphatic heterocycles. The van der Waals surface area contributed by atoms with Gasteiger partial charge in [0.15, 0.2) is 11.4 Å². The molecule has 0 saturated carbocycles. The fourth-order valence-electron chi connectivity index (χ4n) is 1.18. The van der Waals surface area contributed by atoms with Gasteiger partial charge < -0.3 is 4.74 Å². The van der Waals surface area contributed by atoms with Crippen LogP contribution in [0.2, 0.25) is 0 Å². The Labute approximate surface area is 110 Å². The molecule has 0 spiro atoms. The van der Waals surface area contributed by atoms with Gasteiger partial charge in [-0.3, -0.25) is 5.32 Å². The van der Waals surface area contributed by atoms with Gasteiger partial charge in [0.1, 0.15) is 0 Å². The predicted molar refractivity (Wildman–Crippen MR) is 71.8 cm³/mol. The second kappa shape index (κ2) is 7.35.